The summed E-state index contributed by atoms with van der Waals surface area (Å²) in [5.74, 6) is -0.267. The van der Waals surface area contributed by atoms with Gasteiger partial charge in [-0.1, -0.05) is 164 Å². The normalized spacial score (nSPS) is 20.4. The van der Waals surface area contributed by atoms with Crippen molar-refractivity contribution in [3.8, 4) is 0 Å². The molecule has 11 nitrogen and oxygen atoms in total. The smallest absolute Gasteiger partial charge is 0.305 e. The van der Waals surface area contributed by atoms with Gasteiger partial charge < -0.3 is 45.1 Å². The fraction of sp³-hybridized carbons (Fsp3) is 0.774. The maximum absolute atomic E-state index is 12.9. The van der Waals surface area contributed by atoms with Crippen LogP contribution < -0.4 is 5.32 Å². The number of allylic oxidation sites excluding steroid dienone is 9. The topological polar surface area (TPSA) is 175 Å². The zero-order chi connectivity index (χ0) is 46.7. The van der Waals surface area contributed by atoms with Crippen LogP contribution in [0.15, 0.2) is 60.8 Å². The highest BCUT2D eigenvalue weighted by molar-refractivity contribution is 5.76. The van der Waals surface area contributed by atoms with Crippen molar-refractivity contribution in [2.75, 3.05) is 19.8 Å². The van der Waals surface area contributed by atoms with Crippen LogP contribution in [0.25, 0.3) is 0 Å². The Labute approximate surface area is 388 Å². The summed E-state index contributed by atoms with van der Waals surface area (Å²) in [6.07, 6.45) is 43.3. The maximum atomic E-state index is 12.9. The average Bonchev–Trinajstić information content (AvgIpc) is 3.29. The van der Waals surface area contributed by atoms with Crippen LogP contribution in [0.4, 0.5) is 0 Å². The van der Waals surface area contributed by atoms with E-state index >= 15 is 0 Å². The van der Waals surface area contributed by atoms with E-state index in [0.29, 0.717) is 32.3 Å². The molecular formula is C53H93NO10. The predicted molar refractivity (Wildman–Crippen MR) is 260 cm³/mol. The molecule has 0 aromatic carbocycles. The average molecular weight is 904 g/mol. The highest BCUT2D eigenvalue weighted by atomic mass is 16.7. The third-order valence-corrected chi connectivity index (χ3v) is 11.7. The van der Waals surface area contributed by atoms with Crippen LogP contribution in [0.2, 0.25) is 0 Å². The van der Waals surface area contributed by atoms with Crippen molar-refractivity contribution in [3.05, 3.63) is 60.8 Å². The van der Waals surface area contributed by atoms with Gasteiger partial charge in [-0.2, -0.15) is 0 Å². The van der Waals surface area contributed by atoms with Gasteiger partial charge in [0, 0.05) is 12.8 Å². The minimum absolute atomic E-state index is 0.0433. The van der Waals surface area contributed by atoms with Crippen LogP contribution in [0.1, 0.15) is 200 Å². The molecule has 1 aliphatic heterocycles. The van der Waals surface area contributed by atoms with Gasteiger partial charge in [-0.05, 0) is 84.0 Å². The van der Waals surface area contributed by atoms with Gasteiger partial charge in [-0.25, -0.2) is 0 Å². The number of hydrogen-bond acceptors (Lipinski definition) is 10. The fourth-order valence-electron chi connectivity index (χ4n) is 7.58. The molecule has 0 saturated carbocycles. The molecule has 7 atom stereocenters. The minimum Gasteiger partial charge on any atom is -0.466 e. The Morgan fingerprint density at radius 1 is 0.609 bits per heavy atom. The quantitative estimate of drug-likeness (QED) is 0.0150. The lowest BCUT2D eigenvalue weighted by Crippen LogP contribution is -2.60. The summed E-state index contributed by atoms with van der Waals surface area (Å²) in [5, 5.41) is 54.0. The van der Waals surface area contributed by atoms with Gasteiger partial charge in [0.25, 0.3) is 0 Å². The van der Waals surface area contributed by atoms with Gasteiger partial charge in [-0.15, -0.1) is 0 Å². The molecule has 1 saturated heterocycles. The molecule has 11 heteroatoms. The SMILES string of the molecule is C/C=C/CC/C=C/CC/C=C/C(O)C(COC1OC(CO)C(O)C(O)C1O)NC(=O)CCCCCCCC/C=C\C=C/CCCCCOC(=O)CCCCCCCCCCCCCC. The number of amides is 1. The zero-order valence-electron chi connectivity index (χ0n) is 40.2. The molecule has 7 unspecified atom stereocenters. The zero-order valence-corrected chi connectivity index (χ0v) is 40.2. The Kier molecular flexibility index (Phi) is 39.9. The predicted octanol–water partition coefficient (Wildman–Crippen LogP) is 10.3. The number of aliphatic hydroxyl groups is 5. The molecule has 370 valence electrons. The number of nitrogens with one attached hydrogen (secondary N) is 1. The van der Waals surface area contributed by atoms with Crippen LogP contribution >= 0.6 is 0 Å². The van der Waals surface area contributed by atoms with Gasteiger partial charge in [0.05, 0.1) is 32.0 Å². The van der Waals surface area contributed by atoms with Gasteiger partial charge in [0.1, 0.15) is 24.4 Å². The van der Waals surface area contributed by atoms with Crippen molar-refractivity contribution in [2.24, 2.45) is 0 Å². The lowest BCUT2D eigenvalue weighted by Gasteiger charge is -2.40. The molecule has 1 heterocycles. The third kappa shape index (κ3) is 32.9. The Morgan fingerprint density at radius 2 is 1.12 bits per heavy atom. The van der Waals surface area contributed by atoms with Crippen LogP contribution in [0.3, 0.4) is 0 Å². The lowest BCUT2D eigenvalue weighted by atomic mass is 9.99. The van der Waals surface area contributed by atoms with Gasteiger partial charge in [-0.3, -0.25) is 9.59 Å². The number of esters is 1. The summed E-state index contributed by atoms with van der Waals surface area (Å²) in [4.78, 5) is 24.9. The monoisotopic (exact) mass is 904 g/mol. The van der Waals surface area contributed by atoms with Crippen molar-refractivity contribution in [1.29, 1.82) is 0 Å². The van der Waals surface area contributed by atoms with E-state index in [1.54, 1.807) is 6.08 Å². The van der Waals surface area contributed by atoms with Crippen LogP contribution in [-0.2, 0) is 23.8 Å². The molecule has 0 radical (unpaired) electrons. The van der Waals surface area contributed by atoms with Gasteiger partial charge >= 0.3 is 5.97 Å². The van der Waals surface area contributed by atoms with E-state index in [9.17, 15) is 35.1 Å². The summed E-state index contributed by atoms with van der Waals surface area (Å²) < 4.78 is 16.6. The van der Waals surface area contributed by atoms with Crippen LogP contribution in [0, 0.1) is 0 Å². The number of carbonyl (C=O) groups excluding carboxylic acids is 2. The standard InChI is InChI=1S/C53H93NO10/c1-3-5-7-9-11-13-14-21-25-29-33-37-41-49(58)62-42-38-34-30-26-22-19-17-15-16-18-20-24-28-32-36-40-48(57)54-45(46(56)39-35-31-27-23-12-10-8-6-4-2)44-63-53-52(61)51(60)50(59)47(43-55)64-53/h4,6,12,15,17,19,22-23,35,39,45-47,50-53,55-56,59-61H,3,5,7-11,13-14,16,18,20-21,24-34,36-38,40-44H2,1-2H3,(H,54,57)/b6-4+,17-15-,22-19-,23-12+,39-35+. The Balaban J connectivity index is 2.17. The van der Waals surface area contributed by atoms with Crippen molar-refractivity contribution < 1.29 is 49.3 Å². The number of aliphatic hydroxyl groups excluding tert-OH is 5. The Morgan fingerprint density at radius 3 is 1.70 bits per heavy atom. The Bertz CT molecular complexity index is 1250. The molecule has 0 bridgehead atoms. The lowest BCUT2D eigenvalue weighted by molar-refractivity contribution is -0.302. The van der Waals surface area contributed by atoms with E-state index in [2.05, 4.69) is 54.8 Å². The molecule has 1 fully saturated rings. The Hall–Kier alpha value is -2.64. The number of unbranched alkanes of at least 4 members (excludes halogenated alkanes) is 22. The second kappa shape index (κ2) is 43.0. The number of rotatable bonds is 42. The summed E-state index contributed by atoms with van der Waals surface area (Å²) in [5.41, 5.74) is 0. The van der Waals surface area contributed by atoms with Crippen LogP contribution in [-0.4, -0.2) is 100 Å². The summed E-state index contributed by atoms with van der Waals surface area (Å²) >= 11 is 0. The van der Waals surface area contributed by atoms with E-state index < -0.39 is 49.5 Å². The van der Waals surface area contributed by atoms with E-state index in [-0.39, 0.29) is 18.5 Å². The van der Waals surface area contributed by atoms with Crippen molar-refractivity contribution >= 4 is 11.9 Å². The minimum atomic E-state index is -1.59. The number of hydrogen-bond donors (Lipinski definition) is 6. The molecule has 1 rings (SSSR count). The molecule has 0 aliphatic carbocycles. The summed E-state index contributed by atoms with van der Waals surface area (Å²) in [7, 11) is 0. The van der Waals surface area contributed by atoms with E-state index in [4.69, 9.17) is 14.2 Å². The van der Waals surface area contributed by atoms with Gasteiger partial charge in [0.2, 0.25) is 5.91 Å². The maximum Gasteiger partial charge on any atom is 0.305 e. The third-order valence-electron chi connectivity index (χ3n) is 11.7. The van der Waals surface area contributed by atoms with Gasteiger partial charge in [0.15, 0.2) is 6.29 Å². The molecule has 0 aromatic heterocycles. The number of ether oxygens (including phenoxy) is 3. The molecule has 1 amide bonds. The molecule has 0 spiro atoms. The van der Waals surface area contributed by atoms with Crippen LogP contribution in [0.5, 0.6) is 0 Å². The molecule has 6 N–H and O–H groups in total. The summed E-state index contributed by atoms with van der Waals surface area (Å²) in [6, 6.07) is -0.850. The first-order valence-corrected chi connectivity index (χ1v) is 25.5. The van der Waals surface area contributed by atoms with Crippen molar-refractivity contribution in [1.82, 2.24) is 5.32 Å². The number of carbonyl (C=O) groups is 2. The molecule has 0 aromatic rings. The summed E-state index contributed by atoms with van der Waals surface area (Å²) in [6.45, 7) is 3.99. The fourth-order valence-corrected chi connectivity index (χ4v) is 7.58. The molecule has 64 heavy (non-hydrogen) atoms. The largest absolute Gasteiger partial charge is 0.466 e. The second-order valence-corrected chi connectivity index (χ2v) is 17.5. The van der Waals surface area contributed by atoms with E-state index in [1.165, 1.54) is 64.2 Å². The van der Waals surface area contributed by atoms with Crippen molar-refractivity contribution in [2.45, 2.75) is 243 Å². The van der Waals surface area contributed by atoms with Crippen molar-refractivity contribution in [3.63, 3.8) is 0 Å². The highest BCUT2D eigenvalue weighted by Gasteiger charge is 2.44. The van der Waals surface area contributed by atoms with E-state index in [0.717, 1.165) is 96.3 Å². The first-order chi connectivity index (χ1) is 31.2. The molecular weight excluding hydrogens is 811 g/mol. The second-order valence-electron chi connectivity index (χ2n) is 17.5. The molecule has 1 aliphatic rings. The van der Waals surface area contributed by atoms with E-state index in [1.807, 2.05) is 19.1 Å². The first-order valence-electron chi connectivity index (χ1n) is 25.5. The highest BCUT2D eigenvalue weighted by Crippen LogP contribution is 2.22. The first kappa shape index (κ1) is 59.4.